The lowest BCUT2D eigenvalue weighted by Gasteiger charge is -2.25. The Morgan fingerprint density at radius 3 is 2.53 bits per heavy atom. The van der Waals surface area contributed by atoms with E-state index in [1.165, 1.54) is 21.1 Å². The number of carboxylic acid groups (broad SMARTS) is 1. The Balaban J connectivity index is 4.32. The van der Waals surface area contributed by atoms with Crippen molar-refractivity contribution < 1.29 is 28.2 Å². The van der Waals surface area contributed by atoms with Gasteiger partial charge in [-0.05, 0) is 6.92 Å². The molecule has 0 heterocycles. The molecule has 0 aliphatic heterocycles. The number of aliphatic hydroxyl groups is 1. The van der Waals surface area contributed by atoms with Crippen LogP contribution in [0.3, 0.4) is 0 Å². The van der Waals surface area contributed by atoms with Crippen LogP contribution in [-0.2, 0) is 19.7 Å². The predicted octanol–water partition coefficient (Wildman–Crippen LogP) is -0.985. The van der Waals surface area contributed by atoms with E-state index in [0.29, 0.717) is 6.61 Å². The number of hydrogen-bond acceptors (Lipinski definition) is 5. The third-order valence-electron chi connectivity index (χ3n) is 2.53. The monoisotopic (exact) mass is 298 g/mol. The van der Waals surface area contributed by atoms with Gasteiger partial charge in [0.15, 0.2) is 0 Å². The fraction of sp³-hybridized carbons (Fsp3) is 0.900. The molecule has 0 aromatic carbocycles. The van der Waals surface area contributed by atoms with Crippen LogP contribution in [0.1, 0.15) is 19.8 Å². The average molecular weight is 298 g/mol. The molecule has 0 aromatic rings. The van der Waals surface area contributed by atoms with Gasteiger partial charge in [0.1, 0.15) is 0 Å². The molecule has 0 aromatic heterocycles. The average Bonchev–Trinajstić information content (AvgIpc) is 2.31. The number of hydrogen-bond donors (Lipinski definition) is 3. The van der Waals surface area contributed by atoms with E-state index in [2.05, 4.69) is 4.72 Å². The zero-order valence-electron chi connectivity index (χ0n) is 11.4. The number of nitrogens with one attached hydrogen (secondary N) is 1. The SMILES string of the molecule is COCCC(C)(O)CNS(=O)(=O)N(C)CCC(=O)O. The number of ether oxygens (including phenoxy) is 1. The predicted molar refractivity (Wildman–Crippen MR) is 68.9 cm³/mol. The summed E-state index contributed by atoms with van der Waals surface area (Å²) in [6.07, 6.45) is 0.00232. The first-order chi connectivity index (χ1) is 8.60. The Kier molecular flexibility index (Phi) is 7.45. The molecule has 0 aliphatic carbocycles. The summed E-state index contributed by atoms with van der Waals surface area (Å²) in [6, 6.07) is 0. The van der Waals surface area contributed by atoms with Crippen LogP contribution in [0.5, 0.6) is 0 Å². The molecule has 0 saturated heterocycles. The van der Waals surface area contributed by atoms with Crippen molar-refractivity contribution in [3.05, 3.63) is 0 Å². The molecular weight excluding hydrogens is 276 g/mol. The molecule has 19 heavy (non-hydrogen) atoms. The van der Waals surface area contributed by atoms with Gasteiger partial charge in [-0.25, -0.2) is 0 Å². The van der Waals surface area contributed by atoms with E-state index in [-0.39, 0.29) is 25.9 Å². The maximum Gasteiger partial charge on any atom is 0.304 e. The summed E-state index contributed by atoms with van der Waals surface area (Å²) >= 11 is 0. The van der Waals surface area contributed by atoms with E-state index >= 15 is 0 Å². The van der Waals surface area contributed by atoms with Gasteiger partial charge in [0, 0.05) is 40.3 Å². The van der Waals surface area contributed by atoms with Gasteiger partial charge >= 0.3 is 5.97 Å². The molecule has 0 saturated carbocycles. The first-order valence-corrected chi connectivity index (χ1v) is 7.19. The van der Waals surface area contributed by atoms with E-state index in [4.69, 9.17) is 9.84 Å². The van der Waals surface area contributed by atoms with Crippen LogP contribution in [0.4, 0.5) is 0 Å². The molecule has 0 rings (SSSR count). The molecule has 0 radical (unpaired) electrons. The molecular formula is C10H22N2O6S. The smallest absolute Gasteiger partial charge is 0.304 e. The van der Waals surface area contributed by atoms with Gasteiger partial charge in [-0.1, -0.05) is 0 Å². The second-order valence-corrected chi connectivity index (χ2v) is 6.39. The number of carboxylic acids is 1. The zero-order valence-corrected chi connectivity index (χ0v) is 12.2. The summed E-state index contributed by atoms with van der Waals surface area (Å²) in [6.45, 7) is 1.50. The lowest BCUT2D eigenvalue weighted by Crippen LogP contribution is -2.46. The minimum atomic E-state index is -3.79. The maximum absolute atomic E-state index is 11.7. The number of rotatable bonds is 10. The largest absolute Gasteiger partial charge is 0.481 e. The van der Waals surface area contributed by atoms with Crippen LogP contribution in [0, 0.1) is 0 Å². The topological polar surface area (TPSA) is 116 Å². The summed E-state index contributed by atoms with van der Waals surface area (Å²) in [5.74, 6) is -1.07. The Morgan fingerprint density at radius 2 is 2.05 bits per heavy atom. The summed E-state index contributed by atoms with van der Waals surface area (Å²) in [5, 5.41) is 18.4. The maximum atomic E-state index is 11.7. The summed E-state index contributed by atoms with van der Waals surface area (Å²) < 4.78 is 31.4. The molecule has 3 N–H and O–H groups in total. The highest BCUT2D eigenvalue weighted by atomic mass is 32.2. The van der Waals surface area contributed by atoms with Crippen molar-refractivity contribution in [2.45, 2.75) is 25.4 Å². The van der Waals surface area contributed by atoms with Gasteiger partial charge < -0.3 is 14.9 Å². The molecule has 8 nitrogen and oxygen atoms in total. The van der Waals surface area contributed by atoms with Crippen LogP contribution >= 0.6 is 0 Å². The second kappa shape index (κ2) is 7.75. The number of methoxy groups -OCH3 is 1. The minimum Gasteiger partial charge on any atom is -0.481 e. The molecule has 114 valence electrons. The van der Waals surface area contributed by atoms with Crippen LogP contribution < -0.4 is 4.72 Å². The van der Waals surface area contributed by atoms with Crippen LogP contribution in [0.2, 0.25) is 0 Å². The minimum absolute atomic E-state index is 0.134. The normalized spacial score (nSPS) is 15.4. The van der Waals surface area contributed by atoms with Gasteiger partial charge in [-0.3, -0.25) is 4.79 Å². The number of nitrogens with zero attached hydrogens (tertiary/aromatic N) is 1. The number of carbonyl (C=O) groups is 1. The van der Waals surface area contributed by atoms with Crippen molar-refractivity contribution >= 4 is 16.2 Å². The molecule has 0 fully saturated rings. The van der Waals surface area contributed by atoms with Crippen molar-refractivity contribution in [3.63, 3.8) is 0 Å². The van der Waals surface area contributed by atoms with Crippen molar-refractivity contribution in [1.29, 1.82) is 0 Å². The van der Waals surface area contributed by atoms with Gasteiger partial charge in [-0.15, -0.1) is 0 Å². The van der Waals surface area contributed by atoms with E-state index in [9.17, 15) is 18.3 Å². The summed E-state index contributed by atoms with van der Waals surface area (Å²) in [5.41, 5.74) is -1.23. The van der Waals surface area contributed by atoms with Crippen molar-refractivity contribution in [2.24, 2.45) is 0 Å². The first kappa shape index (κ1) is 18.3. The Hall–Kier alpha value is -0.740. The Morgan fingerprint density at radius 1 is 1.47 bits per heavy atom. The third-order valence-corrected chi connectivity index (χ3v) is 4.04. The first-order valence-electron chi connectivity index (χ1n) is 5.75. The van der Waals surface area contributed by atoms with E-state index in [1.54, 1.807) is 0 Å². The molecule has 0 spiro atoms. The van der Waals surface area contributed by atoms with Crippen LogP contribution in [0.15, 0.2) is 0 Å². The van der Waals surface area contributed by atoms with Gasteiger partial charge in [0.25, 0.3) is 10.2 Å². The quantitative estimate of drug-likeness (QED) is 0.477. The molecule has 1 atom stereocenters. The molecule has 0 amide bonds. The summed E-state index contributed by atoms with van der Waals surface area (Å²) in [4.78, 5) is 10.4. The number of aliphatic carboxylic acids is 1. The molecule has 9 heteroatoms. The van der Waals surface area contributed by atoms with Crippen molar-refractivity contribution in [1.82, 2.24) is 9.03 Å². The highest BCUT2D eigenvalue weighted by Crippen LogP contribution is 2.08. The van der Waals surface area contributed by atoms with Crippen LogP contribution in [0.25, 0.3) is 0 Å². The third kappa shape index (κ3) is 8.11. The molecule has 0 aliphatic rings. The standard InChI is InChI=1S/C10H22N2O6S/c1-10(15,5-7-18-3)8-11-19(16,17)12(2)6-4-9(13)14/h11,15H,4-8H2,1-3H3,(H,13,14). The lowest BCUT2D eigenvalue weighted by molar-refractivity contribution is -0.137. The van der Waals surface area contributed by atoms with Crippen molar-refractivity contribution in [2.75, 3.05) is 33.9 Å². The lowest BCUT2D eigenvalue weighted by atomic mass is 10.0. The highest BCUT2D eigenvalue weighted by Gasteiger charge is 2.25. The van der Waals surface area contributed by atoms with Crippen LogP contribution in [-0.4, -0.2) is 68.4 Å². The van der Waals surface area contributed by atoms with E-state index < -0.39 is 21.8 Å². The Bertz CT molecular complexity index is 381. The van der Waals surface area contributed by atoms with Gasteiger partial charge in [0.2, 0.25) is 0 Å². The highest BCUT2D eigenvalue weighted by molar-refractivity contribution is 7.87. The fourth-order valence-corrected chi connectivity index (χ4v) is 2.19. The second-order valence-electron chi connectivity index (χ2n) is 4.53. The molecule has 1 unspecified atom stereocenters. The Labute approximate surface area is 113 Å². The fourth-order valence-electron chi connectivity index (χ4n) is 1.14. The molecule has 0 bridgehead atoms. The van der Waals surface area contributed by atoms with E-state index in [1.807, 2.05) is 0 Å². The van der Waals surface area contributed by atoms with E-state index in [0.717, 1.165) is 4.31 Å². The van der Waals surface area contributed by atoms with Crippen molar-refractivity contribution in [3.8, 4) is 0 Å². The van der Waals surface area contributed by atoms with Gasteiger partial charge in [0.05, 0.1) is 12.0 Å². The summed E-state index contributed by atoms with van der Waals surface area (Å²) in [7, 11) is -1.04. The zero-order chi connectivity index (χ0) is 15.1. The van der Waals surface area contributed by atoms with Gasteiger partial charge in [-0.2, -0.15) is 17.4 Å².